The van der Waals surface area contributed by atoms with Gasteiger partial charge in [0.1, 0.15) is 17.2 Å². The van der Waals surface area contributed by atoms with Crippen molar-refractivity contribution in [1.82, 2.24) is 19.6 Å². The average Bonchev–Trinajstić information content (AvgIpc) is 3.33. The lowest BCUT2D eigenvalue weighted by Gasteiger charge is -2.27. The fourth-order valence-electron chi connectivity index (χ4n) is 3.78. The predicted octanol–water partition coefficient (Wildman–Crippen LogP) is 2.62. The zero-order chi connectivity index (χ0) is 19.7. The molecule has 3 aromatic heterocycles. The Labute approximate surface area is 173 Å². The van der Waals surface area contributed by atoms with E-state index in [4.69, 9.17) is 5.73 Å². The van der Waals surface area contributed by atoms with Crippen molar-refractivity contribution >= 4 is 29.8 Å². The van der Waals surface area contributed by atoms with Crippen molar-refractivity contribution in [2.75, 3.05) is 18.0 Å². The number of carbonyl (C=O) groups is 1. The second kappa shape index (κ2) is 8.71. The molecule has 10 heteroatoms. The molecule has 0 amide bonds. The predicted molar refractivity (Wildman–Crippen MR) is 108 cm³/mol. The third-order valence-corrected chi connectivity index (χ3v) is 5.08. The normalized spacial score (nSPS) is 16.2. The van der Waals surface area contributed by atoms with Crippen molar-refractivity contribution < 1.29 is 14.3 Å². The van der Waals surface area contributed by atoms with Crippen LogP contribution in [-0.4, -0.2) is 43.7 Å². The molecule has 3 aromatic rings. The van der Waals surface area contributed by atoms with Crippen LogP contribution in [0.2, 0.25) is 0 Å². The fraction of sp³-hybridized carbons (Fsp3) is 0.368. The molecule has 1 saturated heterocycles. The Hall–Kier alpha value is -2.78. The number of pyridine rings is 1. The van der Waals surface area contributed by atoms with Crippen molar-refractivity contribution in [3.8, 4) is 0 Å². The molecule has 154 valence electrons. The molecule has 0 saturated carbocycles. The van der Waals surface area contributed by atoms with E-state index < -0.39 is 5.97 Å². The van der Waals surface area contributed by atoms with Crippen LogP contribution in [0.15, 0.2) is 30.7 Å². The minimum Gasteiger partial charge on any atom is -0.477 e. The van der Waals surface area contributed by atoms with Crippen LogP contribution in [0, 0.1) is 5.82 Å². The van der Waals surface area contributed by atoms with Gasteiger partial charge < -0.3 is 15.7 Å². The highest BCUT2D eigenvalue weighted by molar-refractivity contribution is 5.94. The monoisotopic (exact) mass is 420 g/mol. The Morgan fingerprint density at radius 3 is 2.97 bits per heavy atom. The quantitative estimate of drug-likeness (QED) is 0.630. The van der Waals surface area contributed by atoms with Gasteiger partial charge >= 0.3 is 5.97 Å². The number of nitrogens with two attached hydrogens (primary N) is 1. The fourth-order valence-corrected chi connectivity index (χ4v) is 3.78. The molecule has 1 fully saturated rings. The number of aromatic nitrogens is 4. The number of fused-ring (bicyclic) bond motifs is 1. The summed E-state index contributed by atoms with van der Waals surface area (Å²) >= 11 is 0. The minimum atomic E-state index is -1.07. The molecule has 0 aliphatic carbocycles. The number of halogens is 2. The van der Waals surface area contributed by atoms with Gasteiger partial charge in [-0.2, -0.15) is 5.10 Å². The Balaban J connectivity index is 0.00000240. The Morgan fingerprint density at radius 2 is 2.21 bits per heavy atom. The van der Waals surface area contributed by atoms with Crippen molar-refractivity contribution in [1.29, 1.82) is 0 Å². The van der Waals surface area contributed by atoms with E-state index in [1.54, 1.807) is 18.3 Å². The molecular weight excluding hydrogens is 399 g/mol. The van der Waals surface area contributed by atoms with E-state index in [-0.39, 0.29) is 35.5 Å². The lowest BCUT2D eigenvalue weighted by atomic mass is 10.00. The molecule has 1 aliphatic rings. The van der Waals surface area contributed by atoms with Gasteiger partial charge in [-0.3, -0.25) is 4.98 Å². The summed E-state index contributed by atoms with van der Waals surface area (Å²) in [6.07, 6.45) is 7.46. The van der Waals surface area contributed by atoms with E-state index in [9.17, 15) is 14.3 Å². The van der Waals surface area contributed by atoms with Crippen LogP contribution in [0.1, 0.15) is 46.9 Å². The SMILES string of the molecule is Cl.NCCCc1ncc(F)cc1C1CCCN1c1ccn2ncc(C(=O)O)c2n1. The van der Waals surface area contributed by atoms with Gasteiger partial charge in [-0.25, -0.2) is 18.7 Å². The highest BCUT2D eigenvalue weighted by Gasteiger charge is 2.30. The molecule has 8 nitrogen and oxygen atoms in total. The summed E-state index contributed by atoms with van der Waals surface area (Å²) < 4.78 is 15.4. The third-order valence-electron chi connectivity index (χ3n) is 5.08. The molecule has 1 aliphatic heterocycles. The summed E-state index contributed by atoms with van der Waals surface area (Å²) in [6, 6.07) is 3.28. The molecule has 0 bridgehead atoms. The summed E-state index contributed by atoms with van der Waals surface area (Å²) in [6.45, 7) is 1.29. The second-order valence-electron chi connectivity index (χ2n) is 6.85. The molecule has 0 radical (unpaired) electrons. The summed E-state index contributed by atoms with van der Waals surface area (Å²) in [5.41, 5.74) is 7.66. The molecule has 0 spiro atoms. The molecule has 29 heavy (non-hydrogen) atoms. The largest absolute Gasteiger partial charge is 0.477 e. The van der Waals surface area contributed by atoms with Crippen LogP contribution < -0.4 is 10.6 Å². The van der Waals surface area contributed by atoms with E-state index in [0.717, 1.165) is 37.1 Å². The van der Waals surface area contributed by atoms with Gasteiger partial charge in [0.15, 0.2) is 5.65 Å². The van der Waals surface area contributed by atoms with Gasteiger partial charge in [0, 0.05) is 18.4 Å². The van der Waals surface area contributed by atoms with Crippen molar-refractivity contribution in [3.05, 3.63) is 53.4 Å². The van der Waals surface area contributed by atoms with E-state index in [1.165, 1.54) is 16.9 Å². The number of aromatic carboxylic acids is 1. The average molecular weight is 421 g/mol. The molecule has 4 rings (SSSR count). The van der Waals surface area contributed by atoms with Gasteiger partial charge in [-0.05, 0) is 49.9 Å². The maximum Gasteiger partial charge on any atom is 0.341 e. The summed E-state index contributed by atoms with van der Waals surface area (Å²) in [7, 11) is 0. The third kappa shape index (κ3) is 4.01. The number of aryl methyl sites for hydroxylation is 1. The molecule has 1 atom stereocenters. The second-order valence-corrected chi connectivity index (χ2v) is 6.85. The summed E-state index contributed by atoms with van der Waals surface area (Å²) in [5.74, 6) is -0.797. The standard InChI is InChI=1S/C19H21FN6O2.ClH/c20-12-9-13(15(22-10-12)3-1-6-21)16-4-2-7-25(16)17-5-8-26-18(24-17)14(11-23-26)19(27)28;/h5,8-11,16H,1-4,6-7,21H2,(H,27,28);1H. The Bertz CT molecular complexity index is 1030. The van der Waals surface area contributed by atoms with Gasteiger partial charge in [0.05, 0.1) is 18.4 Å². The van der Waals surface area contributed by atoms with Crippen molar-refractivity contribution in [3.63, 3.8) is 0 Å². The highest BCUT2D eigenvalue weighted by Crippen LogP contribution is 2.37. The lowest BCUT2D eigenvalue weighted by Crippen LogP contribution is -2.25. The molecular formula is C19H22ClFN6O2. The van der Waals surface area contributed by atoms with Crippen molar-refractivity contribution in [2.45, 2.75) is 31.7 Å². The number of anilines is 1. The van der Waals surface area contributed by atoms with E-state index in [1.807, 2.05) is 0 Å². The van der Waals surface area contributed by atoms with Crippen LogP contribution in [0.25, 0.3) is 5.65 Å². The first kappa shape index (κ1) is 20.9. The number of carboxylic acids is 1. The maximum atomic E-state index is 14.0. The smallest absolute Gasteiger partial charge is 0.341 e. The summed E-state index contributed by atoms with van der Waals surface area (Å²) in [4.78, 5) is 22.3. The van der Waals surface area contributed by atoms with E-state index in [2.05, 4.69) is 20.0 Å². The zero-order valence-corrected chi connectivity index (χ0v) is 16.5. The van der Waals surface area contributed by atoms with Crippen LogP contribution >= 0.6 is 12.4 Å². The van der Waals surface area contributed by atoms with Gasteiger partial charge in [-0.1, -0.05) is 0 Å². The van der Waals surface area contributed by atoms with Crippen LogP contribution in [-0.2, 0) is 6.42 Å². The minimum absolute atomic E-state index is 0. The molecule has 0 aromatic carbocycles. The first-order chi connectivity index (χ1) is 13.6. The van der Waals surface area contributed by atoms with Crippen molar-refractivity contribution in [2.24, 2.45) is 5.73 Å². The van der Waals surface area contributed by atoms with Gasteiger partial charge in [0.25, 0.3) is 0 Å². The topological polar surface area (TPSA) is 110 Å². The molecule has 1 unspecified atom stereocenters. The maximum absolute atomic E-state index is 14.0. The lowest BCUT2D eigenvalue weighted by molar-refractivity contribution is 0.0698. The molecule has 3 N–H and O–H groups in total. The molecule has 4 heterocycles. The van der Waals surface area contributed by atoms with Gasteiger partial charge in [-0.15, -0.1) is 12.4 Å². The van der Waals surface area contributed by atoms with Crippen LogP contribution in [0.5, 0.6) is 0 Å². The Morgan fingerprint density at radius 1 is 1.38 bits per heavy atom. The van der Waals surface area contributed by atoms with Crippen LogP contribution in [0.4, 0.5) is 10.2 Å². The van der Waals surface area contributed by atoms with Crippen LogP contribution in [0.3, 0.4) is 0 Å². The van der Waals surface area contributed by atoms with Gasteiger partial charge in [0.2, 0.25) is 0 Å². The van der Waals surface area contributed by atoms with E-state index >= 15 is 0 Å². The van der Waals surface area contributed by atoms with E-state index in [0.29, 0.717) is 18.8 Å². The summed E-state index contributed by atoms with van der Waals surface area (Å²) in [5, 5.41) is 13.4. The highest BCUT2D eigenvalue weighted by atomic mass is 35.5. The number of carboxylic acid groups (broad SMARTS) is 1. The number of hydrogen-bond acceptors (Lipinski definition) is 6. The zero-order valence-electron chi connectivity index (χ0n) is 15.7. The number of hydrogen-bond donors (Lipinski definition) is 2. The number of nitrogens with zero attached hydrogens (tertiary/aromatic N) is 5. The first-order valence-electron chi connectivity index (χ1n) is 9.27. The number of rotatable bonds is 6. The first-order valence-corrected chi connectivity index (χ1v) is 9.27. The Kier molecular flexibility index (Phi) is 6.29.